The Morgan fingerprint density at radius 3 is 2.50 bits per heavy atom. The van der Waals surface area contributed by atoms with Crippen molar-refractivity contribution in [3.05, 3.63) is 12.2 Å². The topological polar surface area (TPSA) is 32.3 Å². The van der Waals surface area contributed by atoms with Crippen molar-refractivity contribution in [3.8, 4) is 0 Å². The second-order valence-electron chi connectivity index (χ2n) is 4.89. The van der Waals surface area contributed by atoms with E-state index >= 15 is 0 Å². The highest BCUT2D eigenvalue weighted by atomic mass is 16.2. The number of hydrogen-bond donors (Lipinski definition) is 1. The van der Waals surface area contributed by atoms with Gasteiger partial charge in [-0.15, -0.1) is 0 Å². The molecule has 2 heterocycles. The highest BCUT2D eigenvalue weighted by Crippen LogP contribution is 2.29. The molecule has 3 nitrogen and oxygen atoms in total. The highest BCUT2D eigenvalue weighted by molar-refractivity contribution is 5.87. The second kappa shape index (κ2) is 5.00. The minimum absolute atomic E-state index is 0.177. The van der Waals surface area contributed by atoms with Gasteiger partial charge in [0.1, 0.15) is 0 Å². The summed E-state index contributed by atoms with van der Waals surface area (Å²) < 4.78 is 0. The van der Waals surface area contributed by atoms with Crippen LogP contribution >= 0.6 is 0 Å². The lowest BCUT2D eigenvalue weighted by molar-refractivity contribution is -0.128. The van der Waals surface area contributed by atoms with Crippen LogP contribution in [-0.4, -0.2) is 35.5 Å². The smallest absolute Gasteiger partial charge is 0.246 e. The quantitative estimate of drug-likeness (QED) is 0.737. The van der Waals surface area contributed by atoms with Gasteiger partial charge in [-0.05, 0) is 45.6 Å². The van der Waals surface area contributed by atoms with E-state index < -0.39 is 0 Å². The monoisotopic (exact) mass is 222 g/mol. The van der Waals surface area contributed by atoms with Crippen LogP contribution in [0.4, 0.5) is 0 Å². The Labute approximate surface area is 97.9 Å². The van der Waals surface area contributed by atoms with Gasteiger partial charge in [-0.3, -0.25) is 4.79 Å². The lowest BCUT2D eigenvalue weighted by Gasteiger charge is -2.36. The predicted octanol–water partition coefficient (Wildman–Crippen LogP) is 1.69. The minimum Gasteiger partial charge on any atom is -0.336 e. The molecule has 0 aliphatic carbocycles. The number of fused-ring (bicyclic) bond motifs is 2. The van der Waals surface area contributed by atoms with Gasteiger partial charge >= 0.3 is 0 Å². The van der Waals surface area contributed by atoms with Crippen LogP contribution in [0.1, 0.15) is 39.5 Å². The number of allylic oxidation sites excluding steroid dienone is 1. The number of carbonyl (C=O) groups is 1. The molecule has 2 bridgehead atoms. The molecule has 2 atom stereocenters. The summed E-state index contributed by atoms with van der Waals surface area (Å²) in [5.74, 6) is 0.177. The molecule has 2 fully saturated rings. The molecule has 0 saturated carbocycles. The molecule has 0 aromatic carbocycles. The Kier molecular flexibility index (Phi) is 3.64. The van der Waals surface area contributed by atoms with E-state index in [0.717, 1.165) is 19.4 Å². The maximum Gasteiger partial charge on any atom is 0.246 e. The molecule has 3 heteroatoms. The zero-order valence-corrected chi connectivity index (χ0v) is 10.3. The third-order valence-corrected chi connectivity index (χ3v) is 3.82. The summed E-state index contributed by atoms with van der Waals surface area (Å²) in [6.45, 7) is 4.80. The van der Waals surface area contributed by atoms with Gasteiger partial charge in [-0.1, -0.05) is 6.08 Å². The van der Waals surface area contributed by atoms with Crippen LogP contribution in [-0.2, 0) is 4.79 Å². The fraction of sp³-hybridized carbons (Fsp3) is 0.769. The lowest BCUT2D eigenvalue weighted by atomic mass is 9.98. The zero-order chi connectivity index (χ0) is 11.5. The number of piperidine rings is 1. The van der Waals surface area contributed by atoms with Crippen molar-refractivity contribution in [2.75, 3.05) is 6.54 Å². The summed E-state index contributed by atoms with van der Waals surface area (Å²) in [6.07, 6.45) is 8.36. The van der Waals surface area contributed by atoms with Gasteiger partial charge in [0.15, 0.2) is 0 Å². The van der Waals surface area contributed by atoms with Crippen LogP contribution in [0.2, 0.25) is 0 Å². The van der Waals surface area contributed by atoms with E-state index in [1.54, 1.807) is 6.08 Å². The van der Waals surface area contributed by atoms with Crippen molar-refractivity contribution in [1.82, 2.24) is 10.2 Å². The van der Waals surface area contributed by atoms with E-state index in [1.165, 1.54) is 12.8 Å². The van der Waals surface area contributed by atoms with E-state index in [4.69, 9.17) is 0 Å². The van der Waals surface area contributed by atoms with Crippen LogP contribution in [0.15, 0.2) is 12.2 Å². The Morgan fingerprint density at radius 2 is 2.00 bits per heavy atom. The molecule has 1 amide bonds. The van der Waals surface area contributed by atoms with Gasteiger partial charge in [0, 0.05) is 24.7 Å². The normalized spacial score (nSPS) is 33.2. The van der Waals surface area contributed by atoms with E-state index in [1.807, 2.05) is 17.9 Å². The number of hydrogen-bond acceptors (Lipinski definition) is 2. The summed E-state index contributed by atoms with van der Waals surface area (Å²) in [6, 6.07) is 1.75. The molecule has 2 unspecified atom stereocenters. The van der Waals surface area contributed by atoms with Crippen LogP contribution in [0, 0.1) is 0 Å². The van der Waals surface area contributed by atoms with Crippen LogP contribution in [0.25, 0.3) is 0 Å². The fourth-order valence-electron chi connectivity index (χ4n) is 3.11. The third-order valence-electron chi connectivity index (χ3n) is 3.82. The van der Waals surface area contributed by atoms with E-state index in [0.29, 0.717) is 18.1 Å². The second-order valence-corrected chi connectivity index (χ2v) is 4.89. The average Bonchev–Trinajstić information content (AvgIpc) is 2.59. The number of carbonyl (C=O) groups excluding carboxylic acids is 1. The summed E-state index contributed by atoms with van der Waals surface area (Å²) in [5.41, 5.74) is 0. The van der Waals surface area contributed by atoms with Crippen molar-refractivity contribution < 1.29 is 4.79 Å². The number of amides is 1. The molecule has 2 aliphatic heterocycles. The number of nitrogens with one attached hydrogen (secondary N) is 1. The molecular weight excluding hydrogens is 200 g/mol. The fourth-order valence-corrected chi connectivity index (χ4v) is 3.11. The molecule has 2 aliphatic rings. The zero-order valence-electron chi connectivity index (χ0n) is 10.3. The maximum absolute atomic E-state index is 11.9. The van der Waals surface area contributed by atoms with Crippen molar-refractivity contribution in [2.24, 2.45) is 0 Å². The highest BCUT2D eigenvalue weighted by Gasteiger charge is 2.36. The van der Waals surface area contributed by atoms with Gasteiger partial charge in [-0.2, -0.15) is 0 Å². The average molecular weight is 222 g/mol. The maximum atomic E-state index is 11.9. The number of likely N-dealkylation sites (N-methyl/N-ethyl adjacent to an activating group) is 1. The van der Waals surface area contributed by atoms with Gasteiger partial charge in [-0.25, -0.2) is 0 Å². The first kappa shape index (κ1) is 11.6. The van der Waals surface area contributed by atoms with Gasteiger partial charge in [0.2, 0.25) is 5.91 Å². The Balaban J connectivity index is 2.01. The molecule has 0 aromatic heterocycles. The van der Waals surface area contributed by atoms with Crippen molar-refractivity contribution in [2.45, 2.75) is 57.7 Å². The molecule has 2 rings (SSSR count). The first-order chi connectivity index (χ1) is 7.74. The molecule has 1 N–H and O–H groups in total. The van der Waals surface area contributed by atoms with Gasteiger partial charge in [0.25, 0.3) is 0 Å². The molecule has 90 valence electrons. The Morgan fingerprint density at radius 1 is 1.38 bits per heavy atom. The summed E-state index contributed by atoms with van der Waals surface area (Å²) in [5, 5.41) is 3.61. The van der Waals surface area contributed by atoms with Gasteiger partial charge < -0.3 is 10.2 Å². The van der Waals surface area contributed by atoms with Crippen molar-refractivity contribution in [1.29, 1.82) is 0 Å². The standard InChI is InChI=1S/C13H22N2O/c1-3-5-13(16)15(4-2)12-8-10-6-7-11(9-12)14-10/h3,5,10-12,14H,4,6-9H2,1-2H3. The van der Waals surface area contributed by atoms with Crippen LogP contribution in [0.5, 0.6) is 0 Å². The predicted molar refractivity (Wildman–Crippen MR) is 65.2 cm³/mol. The number of rotatable bonds is 3. The van der Waals surface area contributed by atoms with Crippen molar-refractivity contribution >= 4 is 5.91 Å². The summed E-state index contributed by atoms with van der Waals surface area (Å²) in [7, 11) is 0. The van der Waals surface area contributed by atoms with E-state index in [-0.39, 0.29) is 5.91 Å². The van der Waals surface area contributed by atoms with Crippen LogP contribution < -0.4 is 5.32 Å². The van der Waals surface area contributed by atoms with Crippen LogP contribution in [0.3, 0.4) is 0 Å². The summed E-state index contributed by atoms with van der Waals surface area (Å²) in [4.78, 5) is 14.0. The largest absolute Gasteiger partial charge is 0.336 e. The lowest BCUT2D eigenvalue weighted by Crippen LogP contribution is -2.49. The first-order valence-corrected chi connectivity index (χ1v) is 6.44. The van der Waals surface area contributed by atoms with Gasteiger partial charge in [0.05, 0.1) is 0 Å². The minimum atomic E-state index is 0.177. The molecule has 0 aromatic rings. The Hall–Kier alpha value is -0.830. The van der Waals surface area contributed by atoms with E-state index in [2.05, 4.69) is 12.2 Å². The first-order valence-electron chi connectivity index (χ1n) is 6.44. The molecule has 2 saturated heterocycles. The third kappa shape index (κ3) is 2.29. The van der Waals surface area contributed by atoms with Crippen molar-refractivity contribution in [3.63, 3.8) is 0 Å². The summed E-state index contributed by atoms with van der Waals surface area (Å²) >= 11 is 0. The van der Waals surface area contributed by atoms with E-state index in [9.17, 15) is 4.79 Å². The molecule has 16 heavy (non-hydrogen) atoms. The molecule has 0 radical (unpaired) electrons. The SMILES string of the molecule is CC=CC(=O)N(CC)C1CC2CCC(C1)N2. The molecular formula is C13H22N2O. The Bertz CT molecular complexity index is 276. The molecule has 0 spiro atoms. The number of nitrogens with zero attached hydrogens (tertiary/aromatic N) is 1.